The zero-order valence-electron chi connectivity index (χ0n) is 8.18. The Hall–Kier alpha value is 0.622. The quantitative estimate of drug-likeness (QED) is 0.392. The molecule has 0 aliphatic heterocycles. The molecule has 0 aromatic carbocycles. The van der Waals surface area contributed by atoms with Gasteiger partial charge in [-0.2, -0.15) is 0 Å². The molecule has 0 saturated carbocycles. The maximum absolute atomic E-state index is 5.59. The molecule has 0 N–H and O–H groups in total. The zero-order chi connectivity index (χ0) is 6.73. The van der Waals surface area contributed by atoms with Gasteiger partial charge in [0.25, 0.3) is 0 Å². The Balaban J connectivity index is -0.000000245. The third-order valence-electron chi connectivity index (χ3n) is 1.19. The molecule has 0 unspecified atom stereocenters. The van der Waals surface area contributed by atoms with Gasteiger partial charge >= 0.3 is 18.9 Å². The van der Waals surface area contributed by atoms with Crippen LogP contribution in [-0.4, -0.2) is 24.9 Å². The molecule has 0 aliphatic carbocycles. The van der Waals surface area contributed by atoms with Crippen LogP contribution in [0.15, 0.2) is 0 Å². The molecule has 2 radical (unpaired) electrons. The van der Waals surface area contributed by atoms with Crippen molar-refractivity contribution in [1.82, 2.24) is 4.81 Å². The van der Waals surface area contributed by atoms with Crippen LogP contribution in [0.2, 0.25) is 0 Å². The van der Waals surface area contributed by atoms with Gasteiger partial charge in [-0.15, -0.1) is 0 Å². The Morgan fingerprint density at radius 3 is 1.33 bits per heavy atom. The number of hydrogen-bond acceptors (Lipinski definition) is 1. The van der Waals surface area contributed by atoms with E-state index < -0.39 is 0 Å². The van der Waals surface area contributed by atoms with Gasteiger partial charge < -0.3 is 6.24 Å². The monoisotopic (exact) mass is 119 g/mol. The zero-order valence-corrected chi connectivity index (χ0v) is 7.18. The number of rotatable bonds is 2. The van der Waals surface area contributed by atoms with Crippen molar-refractivity contribution in [3.05, 3.63) is 0 Å². The summed E-state index contributed by atoms with van der Waals surface area (Å²) in [7, 11) is 5.59. The summed E-state index contributed by atoms with van der Waals surface area (Å²) in [5, 5.41) is 0. The average molecular weight is 119 g/mol. The maximum atomic E-state index is 5.59. The van der Waals surface area contributed by atoms with Gasteiger partial charge in [0.15, 0.2) is 7.98 Å². The van der Waals surface area contributed by atoms with Crippen molar-refractivity contribution in [2.75, 3.05) is 0 Å². The molecule has 0 aliphatic rings. The Morgan fingerprint density at radius 1 is 1.11 bits per heavy atom. The van der Waals surface area contributed by atoms with Crippen LogP contribution in [0.1, 0.15) is 29.1 Å². The van der Waals surface area contributed by atoms with E-state index in [0.29, 0.717) is 12.1 Å². The van der Waals surface area contributed by atoms with Crippen molar-refractivity contribution < 1.29 is 20.3 Å². The SMILES string of the molecule is [B]N(C(C)C)C(C)C.[H-].[Li+]. The van der Waals surface area contributed by atoms with Crippen LogP contribution in [-0.2, 0) is 0 Å². The van der Waals surface area contributed by atoms with Gasteiger partial charge in [0.2, 0.25) is 0 Å². The number of hydrogen-bond donors (Lipinski definition) is 0. The standard InChI is InChI=1S/C6H14BN.Li.H/c1-5(2)8(7)6(3)4;;/h5-6H,1-4H3;;/q;+1;-1. The number of nitrogens with zero attached hydrogens (tertiary/aromatic N) is 1. The fourth-order valence-corrected chi connectivity index (χ4v) is 0.596. The van der Waals surface area contributed by atoms with E-state index >= 15 is 0 Å². The molecular formula is C6H15BLiN. The molecule has 0 heterocycles. The van der Waals surface area contributed by atoms with Crippen molar-refractivity contribution in [3.63, 3.8) is 0 Å². The van der Waals surface area contributed by atoms with Gasteiger partial charge in [-0.3, -0.25) is 0 Å². The summed E-state index contributed by atoms with van der Waals surface area (Å²) in [5.41, 5.74) is 0. The first-order chi connectivity index (χ1) is 3.55. The minimum atomic E-state index is 0. The molecule has 9 heavy (non-hydrogen) atoms. The van der Waals surface area contributed by atoms with Gasteiger partial charge in [-0.1, -0.05) is 27.7 Å². The summed E-state index contributed by atoms with van der Waals surface area (Å²) >= 11 is 0. The average Bonchev–Trinajstić information content (AvgIpc) is 1.64. The van der Waals surface area contributed by atoms with E-state index in [1.54, 1.807) is 0 Å². The molecule has 0 atom stereocenters. The van der Waals surface area contributed by atoms with Crippen molar-refractivity contribution in [1.29, 1.82) is 0 Å². The van der Waals surface area contributed by atoms with Crippen LogP contribution < -0.4 is 18.9 Å². The smallest absolute Gasteiger partial charge is 1.00 e. The summed E-state index contributed by atoms with van der Waals surface area (Å²) in [6.45, 7) is 8.33. The normalized spacial score (nSPS) is 10.6. The Labute approximate surface area is 73.3 Å². The van der Waals surface area contributed by atoms with Crippen molar-refractivity contribution in [3.8, 4) is 0 Å². The Bertz CT molecular complexity index is 62.8. The van der Waals surface area contributed by atoms with Gasteiger partial charge in [-0.25, -0.2) is 0 Å². The van der Waals surface area contributed by atoms with E-state index in [2.05, 4.69) is 27.7 Å². The summed E-state index contributed by atoms with van der Waals surface area (Å²) in [4.78, 5) is 1.83. The molecule has 0 bridgehead atoms. The van der Waals surface area contributed by atoms with Gasteiger partial charge in [0, 0.05) is 0 Å². The van der Waals surface area contributed by atoms with Gasteiger partial charge in [0.05, 0.1) is 0 Å². The van der Waals surface area contributed by atoms with E-state index in [0.717, 1.165) is 0 Å². The van der Waals surface area contributed by atoms with Crippen LogP contribution in [0.25, 0.3) is 0 Å². The van der Waals surface area contributed by atoms with E-state index in [1.165, 1.54) is 0 Å². The minimum Gasteiger partial charge on any atom is -1.00 e. The van der Waals surface area contributed by atoms with Crippen molar-refractivity contribution >= 4 is 7.98 Å². The van der Waals surface area contributed by atoms with Gasteiger partial charge in [-0.05, 0) is 12.1 Å². The Kier molecular flexibility index (Phi) is 7.40. The molecule has 0 saturated heterocycles. The molecule has 0 aromatic heterocycles. The fraction of sp³-hybridized carbons (Fsp3) is 1.00. The molecule has 0 fully saturated rings. The third kappa shape index (κ3) is 5.09. The second-order valence-electron chi connectivity index (χ2n) is 2.63. The predicted molar refractivity (Wildman–Crippen MR) is 39.0 cm³/mol. The topological polar surface area (TPSA) is 3.24 Å². The van der Waals surface area contributed by atoms with E-state index in [9.17, 15) is 0 Å². The third-order valence-corrected chi connectivity index (χ3v) is 1.19. The van der Waals surface area contributed by atoms with Crippen LogP contribution >= 0.6 is 0 Å². The molecular weight excluding hydrogens is 104 g/mol. The first kappa shape index (κ1) is 12.3. The summed E-state index contributed by atoms with van der Waals surface area (Å²) < 4.78 is 0. The first-order valence-electron chi connectivity index (χ1n) is 3.08. The van der Waals surface area contributed by atoms with Crippen LogP contribution in [0, 0.1) is 0 Å². The Morgan fingerprint density at radius 2 is 1.33 bits per heavy atom. The largest absolute Gasteiger partial charge is 1.00 e. The van der Waals surface area contributed by atoms with Crippen molar-refractivity contribution in [2.45, 2.75) is 39.8 Å². The van der Waals surface area contributed by atoms with Gasteiger partial charge in [0.1, 0.15) is 0 Å². The van der Waals surface area contributed by atoms with E-state index in [-0.39, 0.29) is 20.3 Å². The molecule has 0 aromatic rings. The van der Waals surface area contributed by atoms with Crippen LogP contribution in [0.4, 0.5) is 0 Å². The molecule has 0 spiro atoms. The van der Waals surface area contributed by atoms with E-state index in [4.69, 9.17) is 7.98 Å². The molecule has 48 valence electrons. The maximum Gasteiger partial charge on any atom is 1.00 e. The predicted octanol–water partition coefficient (Wildman–Crippen LogP) is -1.69. The van der Waals surface area contributed by atoms with Crippen molar-refractivity contribution in [2.24, 2.45) is 0 Å². The first-order valence-corrected chi connectivity index (χ1v) is 3.08. The second-order valence-corrected chi connectivity index (χ2v) is 2.63. The minimum absolute atomic E-state index is 0. The molecule has 1 nitrogen and oxygen atoms in total. The summed E-state index contributed by atoms with van der Waals surface area (Å²) in [5.74, 6) is 0. The summed E-state index contributed by atoms with van der Waals surface area (Å²) in [6.07, 6.45) is 0. The summed E-state index contributed by atoms with van der Waals surface area (Å²) in [6, 6.07) is 0.907. The molecule has 0 amide bonds. The molecule has 3 heteroatoms. The van der Waals surface area contributed by atoms with E-state index in [1.807, 2.05) is 4.81 Å². The fourth-order valence-electron chi connectivity index (χ4n) is 0.596. The van der Waals surface area contributed by atoms with Crippen LogP contribution in [0.3, 0.4) is 0 Å². The van der Waals surface area contributed by atoms with Crippen LogP contribution in [0.5, 0.6) is 0 Å². The second kappa shape index (κ2) is 5.41. The molecule has 0 rings (SSSR count).